The predicted molar refractivity (Wildman–Crippen MR) is 77.4 cm³/mol. The molecule has 0 saturated heterocycles. The van der Waals surface area contributed by atoms with Gasteiger partial charge in [0.25, 0.3) is 0 Å². The van der Waals surface area contributed by atoms with E-state index in [1.807, 2.05) is 6.07 Å². The average Bonchev–Trinajstić information content (AvgIpc) is 2.41. The fourth-order valence-corrected chi connectivity index (χ4v) is 4.29. The summed E-state index contributed by atoms with van der Waals surface area (Å²) in [6.45, 7) is 0. The van der Waals surface area contributed by atoms with Crippen LogP contribution in [0.25, 0.3) is 0 Å². The fourth-order valence-electron chi connectivity index (χ4n) is 2.29. The van der Waals surface area contributed by atoms with E-state index in [2.05, 4.69) is 20.7 Å². The van der Waals surface area contributed by atoms with Crippen LogP contribution in [0.5, 0.6) is 0 Å². The lowest BCUT2D eigenvalue weighted by atomic mass is 9.94. The molecule has 1 saturated carbocycles. The summed E-state index contributed by atoms with van der Waals surface area (Å²) in [4.78, 5) is -0.0134. The monoisotopic (exact) mass is 358 g/mol. The third-order valence-corrected chi connectivity index (χ3v) is 5.43. The second kappa shape index (κ2) is 6.22. The first-order valence-electron chi connectivity index (χ1n) is 6.32. The molecule has 0 unspecified atom stereocenters. The molecule has 108 valence electrons. The van der Waals surface area contributed by atoms with E-state index in [-0.39, 0.29) is 22.6 Å². The Balaban J connectivity index is 2.23. The number of rotatable bonds is 3. The number of aliphatic hydroxyl groups excluding tert-OH is 1. The highest BCUT2D eigenvalue weighted by Crippen LogP contribution is 2.24. The molecule has 0 amide bonds. The van der Waals surface area contributed by atoms with E-state index < -0.39 is 10.0 Å². The van der Waals surface area contributed by atoms with Crippen molar-refractivity contribution in [1.29, 1.82) is 5.26 Å². The zero-order valence-electron chi connectivity index (χ0n) is 10.7. The SMILES string of the molecule is N#Cc1ccc(Br)cc1S(=O)(=O)N[C@H]1CC[C@@H](O)CC1. The van der Waals surface area contributed by atoms with Crippen molar-refractivity contribution in [2.45, 2.75) is 42.7 Å². The van der Waals surface area contributed by atoms with Gasteiger partial charge in [-0.3, -0.25) is 0 Å². The molecule has 1 fully saturated rings. The first-order valence-corrected chi connectivity index (χ1v) is 8.60. The van der Waals surface area contributed by atoms with Crippen molar-refractivity contribution < 1.29 is 13.5 Å². The zero-order chi connectivity index (χ0) is 14.8. The number of halogens is 1. The second-order valence-corrected chi connectivity index (χ2v) is 7.48. The minimum Gasteiger partial charge on any atom is -0.393 e. The second-order valence-electron chi connectivity index (χ2n) is 4.88. The molecule has 1 aliphatic carbocycles. The van der Waals surface area contributed by atoms with Crippen LogP contribution in [0.4, 0.5) is 0 Å². The molecule has 1 aromatic carbocycles. The third-order valence-electron chi connectivity index (χ3n) is 3.37. The van der Waals surface area contributed by atoms with Gasteiger partial charge < -0.3 is 5.11 Å². The Morgan fingerprint density at radius 3 is 2.55 bits per heavy atom. The summed E-state index contributed by atoms with van der Waals surface area (Å²) in [6, 6.07) is 6.25. The summed E-state index contributed by atoms with van der Waals surface area (Å²) in [5.41, 5.74) is 0.122. The van der Waals surface area contributed by atoms with Crippen LogP contribution in [0, 0.1) is 11.3 Å². The molecule has 1 aliphatic rings. The van der Waals surface area contributed by atoms with E-state index in [0.717, 1.165) is 0 Å². The predicted octanol–water partition coefficient (Wildman–Crippen LogP) is 1.90. The lowest BCUT2D eigenvalue weighted by Gasteiger charge is -2.26. The summed E-state index contributed by atoms with van der Waals surface area (Å²) in [6.07, 6.45) is 2.07. The maximum absolute atomic E-state index is 12.4. The van der Waals surface area contributed by atoms with E-state index >= 15 is 0 Å². The van der Waals surface area contributed by atoms with Gasteiger partial charge in [-0.2, -0.15) is 5.26 Å². The lowest BCUT2D eigenvalue weighted by molar-refractivity contribution is 0.120. The van der Waals surface area contributed by atoms with Crippen LogP contribution in [-0.2, 0) is 10.0 Å². The minimum absolute atomic E-state index is 0.0134. The summed E-state index contributed by atoms with van der Waals surface area (Å²) < 4.78 is 28.0. The molecule has 2 N–H and O–H groups in total. The number of nitrogens with one attached hydrogen (secondary N) is 1. The van der Waals surface area contributed by atoms with Gasteiger partial charge in [0.2, 0.25) is 10.0 Å². The molecule has 2 rings (SSSR count). The van der Waals surface area contributed by atoms with E-state index in [1.165, 1.54) is 12.1 Å². The minimum atomic E-state index is -3.73. The Morgan fingerprint density at radius 1 is 1.30 bits per heavy atom. The van der Waals surface area contributed by atoms with Crippen molar-refractivity contribution in [2.24, 2.45) is 0 Å². The average molecular weight is 359 g/mol. The molecule has 0 aromatic heterocycles. The number of nitrogens with zero attached hydrogens (tertiary/aromatic N) is 1. The van der Waals surface area contributed by atoms with Crippen molar-refractivity contribution in [3.8, 4) is 6.07 Å². The molecule has 0 spiro atoms. The summed E-state index contributed by atoms with van der Waals surface area (Å²) in [5, 5.41) is 18.5. The van der Waals surface area contributed by atoms with Crippen molar-refractivity contribution in [1.82, 2.24) is 4.72 Å². The number of hydrogen-bond acceptors (Lipinski definition) is 4. The number of aliphatic hydroxyl groups is 1. The van der Waals surface area contributed by atoms with Crippen LogP contribution >= 0.6 is 15.9 Å². The standard InChI is InChI=1S/C13H15BrN2O3S/c14-10-2-1-9(8-15)13(7-10)20(18,19)16-11-3-5-12(17)6-4-11/h1-2,7,11-12,16-17H,3-6H2/t11-,12+. The topological polar surface area (TPSA) is 90.2 Å². The Hall–Kier alpha value is -0.940. The molecule has 7 heteroatoms. The first-order chi connectivity index (χ1) is 9.42. The van der Waals surface area contributed by atoms with Gasteiger partial charge in [-0.25, -0.2) is 13.1 Å². The molecule has 1 aromatic rings. The highest BCUT2D eigenvalue weighted by atomic mass is 79.9. The smallest absolute Gasteiger partial charge is 0.242 e. The van der Waals surface area contributed by atoms with E-state index in [9.17, 15) is 13.5 Å². The Bertz CT molecular complexity index is 632. The Kier molecular flexibility index (Phi) is 4.81. The Labute approximate surface area is 126 Å². The van der Waals surface area contributed by atoms with Gasteiger partial charge in [-0.1, -0.05) is 15.9 Å². The molecular formula is C13H15BrN2O3S. The maximum atomic E-state index is 12.4. The quantitative estimate of drug-likeness (QED) is 0.863. The van der Waals surface area contributed by atoms with Gasteiger partial charge >= 0.3 is 0 Å². The van der Waals surface area contributed by atoms with Gasteiger partial charge in [0.05, 0.1) is 11.7 Å². The highest BCUT2D eigenvalue weighted by molar-refractivity contribution is 9.10. The van der Waals surface area contributed by atoms with Crippen LogP contribution in [-0.4, -0.2) is 25.7 Å². The largest absolute Gasteiger partial charge is 0.393 e. The molecule has 5 nitrogen and oxygen atoms in total. The van der Waals surface area contributed by atoms with Gasteiger partial charge in [0.1, 0.15) is 11.0 Å². The van der Waals surface area contributed by atoms with Gasteiger partial charge in [0, 0.05) is 10.5 Å². The van der Waals surface area contributed by atoms with Crippen LogP contribution in [0.2, 0.25) is 0 Å². The first kappa shape index (κ1) is 15.4. The summed E-state index contributed by atoms with van der Waals surface area (Å²) in [7, 11) is -3.73. The number of benzene rings is 1. The molecule has 0 bridgehead atoms. The summed E-state index contributed by atoms with van der Waals surface area (Å²) in [5.74, 6) is 0. The van der Waals surface area contributed by atoms with Crippen LogP contribution in [0.1, 0.15) is 31.2 Å². The van der Waals surface area contributed by atoms with Crippen LogP contribution < -0.4 is 4.72 Å². The maximum Gasteiger partial charge on any atom is 0.242 e. The third kappa shape index (κ3) is 3.58. The van der Waals surface area contributed by atoms with Crippen molar-refractivity contribution >= 4 is 26.0 Å². The van der Waals surface area contributed by atoms with Gasteiger partial charge in [-0.15, -0.1) is 0 Å². The van der Waals surface area contributed by atoms with E-state index in [0.29, 0.717) is 30.2 Å². The van der Waals surface area contributed by atoms with Crippen molar-refractivity contribution in [2.75, 3.05) is 0 Å². The van der Waals surface area contributed by atoms with Gasteiger partial charge in [-0.05, 0) is 43.9 Å². The number of sulfonamides is 1. The fraction of sp³-hybridized carbons (Fsp3) is 0.462. The Morgan fingerprint density at radius 2 is 1.95 bits per heavy atom. The van der Waals surface area contributed by atoms with Crippen LogP contribution in [0.15, 0.2) is 27.6 Å². The molecule has 0 atom stereocenters. The molecule has 0 radical (unpaired) electrons. The van der Waals surface area contributed by atoms with Crippen molar-refractivity contribution in [3.05, 3.63) is 28.2 Å². The molecule has 0 aliphatic heterocycles. The molecule has 0 heterocycles. The van der Waals surface area contributed by atoms with Gasteiger partial charge in [0.15, 0.2) is 0 Å². The highest BCUT2D eigenvalue weighted by Gasteiger charge is 2.26. The van der Waals surface area contributed by atoms with Crippen LogP contribution in [0.3, 0.4) is 0 Å². The molecular weight excluding hydrogens is 344 g/mol. The lowest BCUT2D eigenvalue weighted by Crippen LogP contribution is -2.38. The number of hydrogen-bond donors (Lipinski definition) is 2. The van der Waals surface area contributed by atoms with E-state index in [1.54, 1.807) is 6.07 Å². The van der Waals surface area contributed by atoms with Crippen molar-refractivity contribution in [3.63, 3.8) is 0 Å². The van der Waals surface area contributed by atoms with E-state index in [4.69, 9.17) is 5.26 Å². The normalized spacial score (nSPS) is 23.2. The number of nitriles is 1. The molecule has 20 heavy (non-hydrogen) atoms. The summed E-state index contributed by atoms with van der Waals surface area (Å²) >= 11 is 3.22. The zero-order valence-corrected chi connectivity index (χ0v) is 13.1.